The maximum atomic E-state index is 4.95. The van der Waals surface area contributed by atoms with Crippen molar-refractivity contribution < 1.29 is 4.74 Å². The standard InChI is InChI=1S/C8H9N5OS.CH4/c1-4-3-15-6(9-4)5-10-7-11-8(14-2)12-13(5)7;/h3,5H,1-2H3,(H,10,11,12);1H4. The minimum Gasteiger partial charge on any atom is -0.466 e. The second-order valence-corrected chi connectivity index (χ2v) is 4.13. The van der Waals surface area contributed by atoms with Crippen LogP contribution in [0.2, 0.25) is 0 Å². The summed E-state index contributed by atoms with van der Waals surface area (Å²) in [4.78, 5) is 8.49. The normalized spacial score (nSPS) is 16.8. The van der Waals surface area contributed by atoms with E-state index in [1.807, 2.05) is 12.3 Å². The fourth-order valence-corrected chi connectivity index (χ4v) is 2.28. The molecule has 1 aliphatic heterocycles. The summed E-state index contributed by atoms with van der Waals surface area (Å²) in [5.41, 5.74) is 1.03. The Labute approximate surface area is 97.3 Å². The third-order valence-electron chi connectivity index (χ3n) is 2.18. The Morgan fingerprint density at radius 1 is 1.50 bits per heavy atom. The fourth-order valence-electron chi connectivity index (χ4n) is 1.45. The second kappa shape index (κ2) is 3.75. The average Bonchev–Trinajstić information content (AvgIpc) is 2.74. The molecule has 0 spiro atoms. The van der Waals surface area contributed by atoms with E-state index in [-0.39, 0.29) is 13.6 Å². The topological polar surface area (TPSA) is 64.9 Å². The predicted molar refractivity (Wildman–Crippen MR) is 61.9 cm³/mol. The molecule has 3 rings (SSSR count). The van der Waals surface area contributed by atoms with Crippen molar-refractivity contribution in [2.24, 2.45) is 0 Å². The summed E-state index contributed by atoms with van der Waals surface area (Å²) >= 11 is 1.61. The summed E-state index contributed by atoms with van der Waals surface area (Å²) < 4.78 is 6.72. The highest BCUT2D eigenvalue weighted by Crippen LogP contribution is 2.33. The molecular weight excluding hydrogens is 226 g/mol. The molecule has 6 nitrogen and oxygen atoms in total. The van der Waals surface area contributed by atoms with E-state index >= 15 is 0 Å². The van der Waals surface area contributed by atoms with Gasteiger partial charge < -0.3 is 10.1 Å². The number of ether oxygens (including phenoxy) is 1. The highest BCUT2D eigenvalue weighted by molar-refractivity contribution is 7.09. The molecule has 7 heteroatoms. The second-order valence-electron chi connectivity index (χ2n) is 3.24. The van der Waals surface area contributed by atoms with Gasteiger partial charge in [0.2, 0.25) is 5.95 Å². The molecule has 0 amide bonds. The van der Waals surface area contributed by atoms with Gasteiger partial charge in [0.05, 0.1) is 7.11 Å². The molecule has 0 fully saturated rings. The van der Waals surface area contributed by atoms with E-state index < -0.39 is 0 Å². The van der Waals surface area contributed by atoms with Crippen LogP contribution >= 0.6 is 11.3 Å². The first-order chi connectivity index (χ1) is 7.28. The number of aryl methyl sites for hydroxylation is 1. The Bertz CT molecular complexity index is 506. The first kappa shape index (κ1) is 10.9. The number of thiazole rings is 1. The lowest BCUT2D eigenvalue weighted by atomic mass is 10.4. The third kappa shape index (κ3) is 1.44. The Kier molecular flexibility index (Phi) is 2.55. The van der Waals surface area contributed by atoms with Crippen molar-refractivity contribution in [3.05, 3.63) is 16.1 Å². The smallest absolute Gasteiger partial charge is 0.337 e. The number of rotatable bonds is 2. The first-order valence-electron chi connectivity index (χ1n) is 4.47. The molecule has 86 valence electrons. The van der Waals surface area contributed by atoms with Gasteiger partial charge in [-0.1, -0.05) is 7.43 Å². The molecule has 1 N–H and O–H groups in total. The maximum Gasteiger partial charge on any atom is 0.337 e. The number of fused-ring (bicyclic) bond motifs is 1. The molecule has 0 saturated carbocycles. The fraction of sp³-hybridized carbons (Fsp3) is 0.444. The van der Waals surface area contributed by atoms with Gasteiger partial charge in [0, 0.05) is 11.1 Å². The molecular formula is C9H13N5OS. The monoisotopic (exact) mass is 239 g/mol. The zero-order valence-electron chi connectivity index (χ0n) is 8.26. The lowest BCUT2D eigenvalue weighted by Gasteiger charge is -2.26. The van der Waals surface area contributed by atoms with Gasteiger partial charge >= 0.3 is 6.01 Å². The van der Waals surface area contributed by atoms with Crippen molar-refractivity contribution in [3.63, 3.8) is 0 Å². The van der Waals surface area contributed by atoms with E-state index in [1.165, 1.54) is 0 Å². The van der Waals surface area contributed by atoms with Gasteiger partial charge in [-0.3, -0.25) is 0 Å². The Hall–Kier alpha value is -1.63. The van der Waals surface area contributed by atoms with Gasteiger partial charge in [0.25, 0.3) is 0 Å². The van der Waals surface area contributed by atoms with Crippen LogP contribution in [0, 0.1) is 6.92 Å². The number of nitrogens with zero attached hydrogens (tertiary/aromatic N) is 4. The number of nitrogens with one attached hydrogen (secondary N) is 1. The van der Waals surface area contributed by atoms with Gasteiger partial charge in [-0.25, -0.2) is 4.98 Å². The minimum absolute atomic E-state index is 0. The first-order valence-corrected chi connectivity index (χ1v) is 5.35. The van der Waals surface area contributed by atoms with Gasteiger partial charge in [-0.15, -0.1) is 16.4 Å². The van der Waals surface area contributed by atoms with Crippen LogP contribution < -0.4 is 10.1 Å². The quantitative estimate of drug-likeness (QED) is 0.863. The minimum atomic E-state index is 0. The summed E-state index contributed by atoms with van der Waals surface area (Å²) in [5, 5.41) is 10.3. The van der Waals surface area contributed by atoms with Crippen LogP contribution in [0.15, 0.2) is 5.38 Å². The van der Waals surface area contributed by atoms with Crippen LogP contribution in [0.25, 0.3) is 0 Å². The number of hydrogen-bond donors (Lipinski definition) is 1. The Morgan fingerprint density at radius 3 is 2.94 bits per heavy atom. The molecule has 16 heavy (non-hydrogen) atoms. The van der Waals surface area contributed by atoms with E-state index in [2.05, 4.69) is 20.4 Å². The van der Waals surface area contributed by atoms with Gasteiger partial charge in [0.15, 0.2) is 6.17 Å². The van der Waals surface area contributed by atoms with E-state index in [0.717, 1.165) is 16.6 Å². The van der Waals surface area contributed by atoms with E-state index in [9.17, 15) is 0 Å². The maximum absolute atomic E-state index is 4.95. The molecule has 0 aromatic carbocycles. The van der Waals surface area contributed by atoms with Gasteiger partial charge in [0.1, 0.15) is 5.01 Å². The highest BCUT2D eigenvalue weighted by atomic mass is 32.1. The molecule has 1 atom stereocenters. The molecule has 0 radical (unpaired) electrons. The van der Waals surface area contributed by atoms with Crippen LogP contribution in [0.4, 0.5) is 5.95 Å². The summed E-state index contributed by atoms with van der Waals surface area (Å²) in [6, 6.07) is 0.383. The highest BCUT2D eigenvalue weighted by Gasteiger charge is 2.32. The number of methoxy groups -OCH3 is 1. The van der Waals surface area contributed by atoms with Crippen molar-refractivity contribution in [1.29, 1.82) is 0 Å². The van der Waals surface area contributed by atoms with Crippen molar-refractivity contribution in [3.8, 4) is 6.01 Å². The third-order valence-corrected chi connectivity index (χ3v) is 3.19. The van der Waals surface area contributed by atoms with Crippen molar-refractivity contribution >= 4 is 17.3 Å². The molecule has 0 aliphatic carbocycles. The SMILES string of the molecule is C.COc1nc2n(n1)C(c1nc(C)cs1)N2. The average molecular weight is 239 g/mol. The summed E-state index contributed by atoms with van der Waals surface area (Å²) in [6.45, 7) is 1.97. The number of aromatic nitrogens is 4. The molecule has 1 unspecified atom stereocenters. The van der Waals surface area contributed by atoms with E-state index in [4.69, 9.17) is 4.74 Å². The largest absolute Gasteiger partial charge is 0.466 e. The van der Waals surface area contributed by atoms with Crippen LogP contribution in [0.3, 0.4) is 0 Å². The predicted octanol–water partition coefficient (Wildman–Crippen LogP) is 1.66. The molecule has 2 aromatic rings. The Morgan fingerprint density at radius 2 is 2.31 bits per heavy atom. The van der Waals surface area contributed by atoms with Crippen LogP contribution in [-0.2, 0) is 0 Å². The van der Waals surface area contributed by atoms with Gasteiger partial charge in [-0.05, 0) is 6.92 Å². The summed E-state index contributed by atoms with van der Waals surface area (Å²) in [5.74, 6) is 0.727. The summed E-state index contributed by atoms with van der Waals surface area (Å²) in [6.07, 6.45) is 0.00935. The van der Waals surface area contributed by atoms with E-state index in [0.29, 0.717) is 6.01 Å². The zero-order chi connectivity index (χ0) is 10.4. The molecule has 3 heterocycles. The lowest BCUT2D eigenvalue weighted by Crippen LogP contribution is -2.32. The number of hydrogen-bond acceptors (Lipinski definition) is 6. The van der Waals surface area contributed by atoms with E-state index in [1.54, 1.807) is 23.1 Å². The van der Waals surface area contributed by atoms with Crippen LogP contribution in [0.1, 0.15) is 24.3 Å². The lowest BCUT2D eigenvalue weighted by molar-refractivity contribution is 0.373. The zero-order valence-corrected chi connectivity index (χ0v) is 9.08. The number of anilines is 1. The van der Waals surface area contributed by atoms with Crippen molar-refractivity contribution in [2.75, 3.05) is 12.4 Å². The summed E-state index contributed by atoms with van der Waals surface area (Å²) in [7, 11) is 1.55. The van der Waals surface area contributed by atoms with Gasteiger partial charge in [-0.2, -0.15) is 9.67 Å². The van der Waals surface area contributed by atoms with Crippen molar-refractivity contribution in [1.82, 2.24) is 19.7 Å². The molecule has 2 aromatic heterocycles. The molecule has 0 saturated heterocycles. The molecule has 0 bridgehead atoms. The van der Waals surface area contributed by atoms with Crippen LogP contribution in [-0.4, -0.2) is 26.9 Å². The van der Waals surface area contributed by atoms with Crippen LogP contribution in [0.5, 0.6) is 6.01 Å². The molecule has 1 aliphatic rings. The Balaban J connectivity index is 0.000000963. The van der Waals surface area contributed by atoms with Crippen molar-refractivity contribution in [2.45, 2.75) is 20.5 Å².